The van der Waals surface area contributed by atoms with Crippen molar-refractivity contribution in [1.82, 2.24) is 0 Å². The maximum atomic E-state index is 11.6. The minimum Gasteiger partial charge on any atom is -0.481 e. The van der Waals surface area contributed by atoms with E-state index in [-0.39, 0.29) is 23.7 Å². The molecule has 0 radical (unpaired) electrons. The summed E-state index contributed by atoms with van der Waals surface area (Å²) in [5.41, 5.74) is -0.276. The summed E-state index contributed by atoms with van der Waals surface area (Å²) in [5, 5.41) is 8.66. The average Bonchev–Trinajstić information content (AvgIpc) is 2.68. The average molecular weight is 252 g/mol. The lowest BCUT2D eigenvalue weighted by Gasteiger charge is -2.34. The normalized spacial score (nSPS) is 34.6. The van der Waals surface area contributed by atoms with E-state index in [1.54, 1.807) is 6.08 Å². The summed E-state index contributed by atoms with van der Waals surface area (Å²) in [6, 6.07) is 0. The zero-order chi connectivity index (χ0) is 13.2. The lowest BCUT2D eigenvalue weighted by Crippen LogP contribution is -2.38. The summed E-state index contributed by atoms with van der Waals surface area (Å²) < 4.78 is 5.93. The van der Waals surface area contributed by atoms with Gasteiger partial charge in [0.2, 0.25) is 0 Å². The van der Waals surface area contributed by atoms with Crippen molar-refractivity contribution < 1.29 is 19.4 Å². The van der Waals surface area contributed by atoms with Gasteiger partial charge in [-0.15, -0.1) is 0 Å². The lowest BCUT2D eigenvalue weighted by atomic mass is 9.72. The van der Waals surface area contributed by atoms with Gasteiger partial charge in [0, 0.05) is 18.8 Å². The van der Waals surface area contributed by atoms with E-state index in [4.69, 9.17) is 9.84 Å². The number of ether oxygens (including phenoxy) is 1. The van der Waals surface area contributed by atoms with E-state index in [0.29, 0.717) is 25.4 Å². The topological polar surface area (TPSA) is 63.6 Å². The molecule has 1 aliphatic heterocycles. The lowest BCUT2D eigenvalue weighted by molar-refractivity contribution is -0.137. The van der Waals surface area contributed by atoms with Gasteiger partial charge in [0.15, 0.2) is 5.78 Å². The molecular weight excluding hydrogens is 232 g/mol. The van der Waals surface area contributed by atoms with Crippen molar-refractivity contribution in [2.24, 2.45) is 11.8 Å². The number of hydrogen-bond donors (Lipinski definition) is 1. The van der Waals surface area contributed by atoms with Crippen LogP contribution in [0.2, 0.25) is 0 Å². The molecule has 18 heavy (non-hydrogen) atoms. The molecule has 1 heterocycles. The first-order valence-electron chi connectivity index (χ1n) is 6.65. The summed E-state index contributed by atoms with van der Waals surface area (Å²) in [4.78, 5) is 22.1. The van der Waals surface area contributed by atoms with E-state index >= 15 is 0 Å². The smallest absolute Gasteiger partial charge is 0.303 e. The molecule has 1 saturated heterocycles. The van der Waals surface area contributed by atoms with Crippen LogP contribution < -0.4 is 0 Å². The number of rotatable bonds is 5. The fourth-order valence-corrected chi connectivity index (χ4v) is 3.20. The standard InChI is InChI=1S/C14H20O4/c1-2-14-7-6-11(15)8-12(14)10(9-18-14)4-3-5-13(16)17/h6-7,10,12H,2-5,8-9H2,1H3,(H,16,17). The second kappa shape index (κ2) is 5.22. The van der Waals surface area contributed by atoms with Gasteiger partial charge in [0.05, 0.1) is 12.2 Å². The fourth-order valence-electron chi connectivity index (χ4n) is 3.20. The van der Waals surface area contributed by atoms with E-state index in [1.807, 2.05) is 6.08 Å². The molecular formula is C14H20O4. The number of carbonyl (C=O) groups is 2. The first-order chi connectivity index (χ1) is 8.57. The summed E-state index contributed by atoms with van der Waals surface area (Å²) in [6.45, 7) is 2.72. The van der Waals surface area contributed by atoms with Gasteiger partial charge in [-0.1, -0.05) is 6.92 Å². The Kier molecular flexibility index (Phi) is 3.85. The van der Waals surface area contributed by atoms with Gasteiger partial charge in [-0.3, -0.25) is 9.59 Å². The van der Waals surface area contributed by atoms with Crippen molar-refractivity contribution in [3.8, 4) is 0 Å². The van der Waals surface area contributed by atoms with E-state index in [9.17, 15) is 9.59 Å². The Morgan fingerprint density at radius 3 is 3.06 bits per heavy atom. The number of carbonyl (C=O) groups excluding carboxylic acids is 1. The summed E-state index contributed by atoms with van der Waals surface area (Å²) in [7, 11) is 0. The highest BCUT2D eigenvalue weighted by atomic mass is 16.5. The van der Waals surface area contributed by atoms with Crippen LogP contribution in [0.4, 0.5) is 0 Å². The second-order valence-electron chi connectivity index (χ2n) is 5.28. The molecule has 0 aromatic heterocycles. The maximum absolute atomic E-state index is 11.6. The number of fused-ring (bicyclic) bond motifs is 1. The Balaban J connectivity index is 2.01. The van der Waals surface area contributed by atoms with Gasteiger partial charge in [-0.25, -0.2) is 0 Å². The van der Waals surface area contributed by atoms with E-state index in [1.165, 1.54) is 0 Å². The molecule has 4 nitrogen and oxygen atoms in total. The predicted octanol–water partition coefficient (Wildman–Crippen LogP) is 2.18. The fraction of sp³-hybridized carbons (Fsp3) is 0.714. The molecule has 0 saturated carbocycles. The van der Waals surface area contributed by atoms with Gasteiger partial charge >= 0.3 is 5.97 Å². The minimum atomic E-state index is -0.754. The molecule has 0 aromatic carbocycles. The molecule has 2 rings (SSSR count). The van der Waals surface area contributed by atoms with Gasteiger partial charge in [0.25, 0.3) is 0 Å². The Labute approximate surface area is 107 Å². The SMILES string of the molecule is CCC12C=CC(=O)CC1C(CCCC(=O)O)CO2. The van der Waals surface area contributed by atoms with Crippen LogP contribution in [0, 0.1) is 11.8 Å². The number of allylic oxidation sites excluding steroid dienone is 1. The van der Waals surface area contributed by atoms with Gasteiger partial charge in [-0.05, 0) is 37.3 Å². The Morgan fingerprint density at radius 1 is 1.61 bits per heavy atom. The van der Waals surface area contributed by atoms with E-state index in [0.717, 1.165) is 12.8 Å². The molecule has 3 atom stereocenters. The molecule has 0 aromatic rings. The molecule has 1 fully saturated rings. The third-order valence-electron chi connectivity index (χ3n) is 4.25. The maximum Gasteiger partial charge on any atom is 0.303 e. The first-order valence-corrected chi connectivity index (χ1v) is 6.65. The zero-order valence-electron chi connectivity index (χ0n) is 10.7. The molecule has 1 aliphatic carbocycles. The Morgan fingerprint density at radius 2 is 2.39 bits per heavy atom. The number of aliphatic carboxylic acids is 1. The summed E-state index contributed by atoms with van der Waals surface area (Å²) in [5.74, 6) is -0.0416. The number of ketones is 1. The van der Waals surface area contributed by atoms with Crippen LogP contribution in [0.5, 0.6) is 0 Å². The van der Waals surface area contributed by atoms with Crippen LogP contribution in [-0.2, 0) is 14.3 Å². The van der Waals surface area contributed by atoms with Crippen molar-refractivity contribution in [3.63, 3.8) is 0 Å². The number of carboxylic acid groups (broad SMARTS) is 1. The van der Waals surface area contributed by atoms with Gasteiger partial charge < -0.3 is 9.84 Å². The van der Waals surface area contributed by atoms with E-state index < -0.39 is 5.97 Å². The van der Waals surface area contributed by atoms with Crippen LogP contribution in [0.1, 0.15) is 39.0 Å². The molecule has 0 spiro atoms. The van der Waals surface area contributed by atoms with Gasteiger partial charge in [-0.2, -0.15) is 0 Å². The highest BCUT2D eigenvalue weighted by Gasteiger charge is 2.48. The van der Waals surface area contributed by atoms with E-state index in [2.05, 4.69) is 6.92 Å². The van der Waals surface area contributed by atoms with Gasteiger partial charge in [0.1, 0.15) is 0 Å². The third-order valence-corrected chi connectivity index (χ3v) is 4.25. The van der Waals surface area contributed by atoms with Crippen molar-refractivity contribution in [1.29, 1.82) is 0 Å². The molecule has 4 heteroatoms. The largest absolute Gasteiger partial charge is 0.481 e. The van der Waals surface area contributed by atoms with Crippen LogP contribution >= 0.6 is 0 Å². The molecule has 2 aliphatic rings. The number of hydrogen-bond acceptors (Lipinski definition) is 3. The molecule has 3 unspecified atom stereocenters. The number of carboxylic acids is 1. The molecule has 1 N–H and O–H groups in total. The van der Waals surface area contributed by atoms with Crippen molar-refractivity contribution in [3.05, 3.63) is 12.2 Å². The van der Waals surface area contributed by atoms with Crippen LogP contribution in [0.3, 0.4) is 0 Å². The van der Waals surface area contributed by atoms with Crippen molar-refractivity contribution in [2.75, 3.05) is 6.61 Å². The second-order valence-corrected chi connectivity index (χ2v) is 5.28. The minimum absolute atomic E-state index is 0.165. The third kappa shape index (κ3) is 2.48. The quantitative estimate of drug-likeness (QED) is 0.814. The van der Waals surface area contributed by atoms with Crippen molar-refractivity contribution in [2.45, 2.75) is 44.6 Å². The van der Waals surface area contributed by atoms with Crippen molar-refractivity contribution >= 4 is 11.8 Å². The van der Waals surface area contributed by atoms with Crippen LogP contribution in [0.25, 0.3) is 0 Å². The molecule has 0 amide bonds. The Hall–Kier alpha value is -1.16. The molecule has 0 bridgehead atoms. The zero-order valence-corrected chi connectivity index (χ0v) is 10.7. The highest BCUT2D eigenvalue weighted by molar-refractivity contribution is 5.91. The van der Waals surface area contributed by atoms with Crippen LogP contribution in [0.15, 0.2) is 12.2 Å². The monoisotopic (exact) mass is 252 g/mol. The first kappa shape index (κ1) is 13.3. The van der Waals surface area contributed by atoms with Crippen LogP contribution in [-0.4, -0.2) is 29.1 Å². The highest BCUT2D eigenvalue weighted by Crippen LogP contribution is 2.46. The predicted molar refractivity (Wildman–Crippen MR) is 66.2 cm³/mol. The summed E-state index contributed by atoms with van der Waals surface area (Å²) >= 11 is 0. The Bertz CT molecular complexity index is 374. The molecule has 100 valence electrons. The summed E-state index contributed by atoms with van der Waals surface area (Å²) in [6.07, 6.45) is 6.67.